The second-order valence-corrected chi connectivity index (χ2v) is 5.12. The first-order valence-electron chi connectivity index (χ1n) is 4.66. The van der Waals surface area contributed by atoms with Crippen LogP contribution in [0.5, 0.6) is 0 Å². The minimum absolute atomic E-state index is 0.413. The highest BCUT2D eigenvalue weighted by atomic mass is 32.2. The lowest BCUT2D eigenvalue weighted by Crippen LogP contribution is -2.26. The maximum Gasteiger partial charge on any atom is 0.225 e. The summed E-state index contributed by atoms with van der Waals surface area (Å²) in [4.78, 5) is 0. The lowest BCUT2D eigenvalue weighted by molar-refractivity contribution is 0.584. The summed E-state index contributed by atoms with van der Waals surface area (Å²) < 4.78 is 24.5. The third-order valence-electron chi connectivity index (χ3n) is 2.16. The van der Waals surface area contributed by atoms with E-state index in [1.54, 1.807) is 6.07 Å². The number of nitriles is 1. The maximum atomic E-state index is 11.1. The van der Waals surface area contributed by atoms with Crippen LogP contribution in [0.25, 0.3) is 0 Å². The molecule has 0 aromatic carbocycles. The largest absolute Gasteiger partial charge is 0.225 e. The Morgan fingerprint density at radius 2 is 2.36 bits per heavy atom. The van der Waals surface area contributed by atoms with Crippen LogP contribution in [0.15, 0.2) is 11.6 Å². The summed E-state index contributed by atoms with van der Waals surface area (Å²) in [5.74, 6) is -0.452. The van der Waals surface area contributed by atoms with Crippen molar-refractivity contribution < 1.29 is 8.42 Å². The van der Waals surface area contributed by atoms with Crippen molar-refractivity contribution in [2.24, 2.45) is 0 Å². The van der Waals surface area contributed by atoms with Crippen molar-refractivity contribution in [3.63, 3.8) is 0 Å². The molecule has 0 aliphatic heterocycles. The fourth-order valence-electron chi connectivity index (χ4n) is 1.47. The third kappa shape index (κ3) is 3.90. The number of hydrogen-bond acceptors (Lipinski definition) is 3. The van der Waals surface area contributed by atoms with Gasteiger partial charge in [-0.15, -0.1) is 0 Å². The smallest absolute Gasteiger partial charge is 0.214 e. The van der Waals surface area contributed by atoms with Crippen LogP contribution in [-0.2, 0) is 10.0 Å². The second-order valence-electron chi connectivity index (χ2n) is 3.32. The molecular formula is C9H14N2O2S. The van der Waals surface area contributed by atoms with E-state index in [4.69, 9.17) is 5.26 Å². The zero-order chi connectivity index (χ0) is 10.4. The van der Waals surface area contributed by atoms with Gasteiger partial charge in [0.2, 0.25) is 10.0 Å². The summed E-state index contributed by atoms with van der Waals surface area (Å²) in [7, 11) is -3.36. The number of nitrogens with zero attached hydrogens (tertiary/aromatic N) is 1. The Hall–Kier alpha value is -0.860. The summed E-state index contributed by atoms with van der Waals surface area (Å²) in [5, 5.41) is 8.23. The van der Waals surface area contributed by atoms with Crippen molar-refractivity contribution in [2.75, 3.05) is 12.3 Å². The molecule has 0 aromatic heterocycles. The summed E-state index contributed by atoms with van der Waals surface area (Å²) >= 11 is 0. The Balaban J connectivity index is 2.24. The molecule has 0 heterocycles. The number of sulfonamides is 1. The van der Waals surface area contributed by atoms with Gasteiger partial charge in [0, 0.05) is 6.54 Å². The average molecular weight is 214 g/mol. The molecule has 0 radical (unpaired) electrons. The molecule has 0 unspecified atom stereocenters. The highest BCUT2D eigenvalue weighted by molar-refractivity contribution is 7.89. The lowest BCUT2D eigenvalue weighted by atomic mass is 10.2. The van der Waals surface area contributed by atoms with Crippen LogP contribution in [0.2, 0.25) is 0 Å². The van der Waals surface area contributed by atoms with Crippen LogP contribution in [0.4, 0.5) is 0 Å². The summed E-state index contributed by atoms with van der Waals surface area (Å²) in [5.41, 5.74) is 1.32. The quantitative estimate of drug-likeness (QED) is 0.692. The monoisotopic (exact) mass is 214 g/mol. The van der Waals surface area contributed by atoms with Gasteiger partial charge in [-0.25, -0.2) is 13.1 Å². The summed E-state index contributed by atoms with van der Waals surface area (Å²) in [6.07, 6.45) is 6.31. The van der Waals surface area contributed by atoms with E-state index in [-0.39, 0.29) is 0 Å². The van der Waals surface area contributed by atoms with Gasteiger partial charge in [-0.1, -0.05) is 11.6 Å². The van der Waals surface area contributed by atoms with E-state index in [9.17, 15) is 8.42 Å². The molecule has 0 amide bonds. The molecule has 0 atom stereocenters. The van der Waals surface area contributed by atoms with E-state index in [0.717, 1.165) is 19.3 Å². The zero-order valence-electron chi connectivity index (χ0n) is 7.99. The second kappa shape index (κ2) is 5.13. The van der Waals surface area contributed by atoms with Crippen molar-refractivity contribution in [3.05, 3.63) is 11.6 Å². The fourth-order valence-corrected chi connectivity index (χ4v) is 2.15. The SMILES string of the molecule is N#CCS(=O)(=O)NCCC1=CCCC1. The first-order valence-corrected chi connectivity index (χ1v) is 6.31. The Kier molecular flexibility index (Phi) is 4.11. The van der Waals surface area contributed by atoms with Crippen LogP contribution < -0.4 is 4.72 Å². The topological polar surface area (TPSA) is 70.0 Å². The molecule has 78 valence electrons. The molecule has 1 N–H and O–H groups in total. The predicted octanol–water partition coefficient (Wildman–Crippen LogP) is 0.930. The predicted molar refractivity (Wildman–Crippen MR) is 54.0 cm³/mol. The Bertz CT molecular complexity index is 351. The van der Waals surface area contributed by atoms with Crippen LogP contribution >= 0.6 is 0 Å². The van der Waals surface area contributed by atoms with Gasteiger partial charge in [0.15, 0.2) is 5.75 Å². The molecule has 0 saturated carbocycles. The van der Waals surface area contributed by atoms with Crippen LogP contribution in [0, 0.1) is 11.3 Å². The molecule has 5 heteroatoms. The zero-order valence-corrected chi connectivity index (χ0v) is 8.81. The highest BCUT2D eigenvalue weighted by Gasteiger charge is 2.09. The molecule has 1 aliphatic carbocycles. The van der Waals surface area contributed by atoms with Gasteiger partial charge in [-0.05, 0) is 25.7 Å². The van der Waals surface area contributed by atoms with E-state index >= 15 is 0 Å². The van der Waals surface area contributed by atoms with Crippen molar-refractivity contribution in [2.45, 2.75) is 25.7 Å². The third-order valence-corrected chi connectivity index (χ3v) is 3.31. The molecule has 0 bridgehead atoms. The van der Waals surface area contributed by atoms with Gasteiger partial charge >= 0.3 is 0 Å². The molecular weight excluding hydrogens is 200 g/mol. The maximum absolute atomic E-state index is 11.1. The molecule has 0 fully saturated rings. The molecule has 0 aromatic rings. The van der Waals surface area contributed by atoms with Gasteiger partial charge in [-0.3, -0.25) is 0 Å². The standard InChI is InChI=1S/C9H14N2O2S/c10-6-8-14(12,13)11-7-5-9-3-1-2-4-9/h3,11H,1-2,4-5,7-8H2. The normalized spacial score (nSPS) is 16.4. The molecule has 1 rings (SSSR count). The Labute approximate surface area is 84.7 Å². The number of allylic oxidation sites excluding steroid dienone is 1. The highest BCUT2D eigenvalue weighted by Crippen LogP contribution is 2.19. The van der Waals surface area contributed by atoms with E-state index in [2.05, 4.69) is 10.8 Å². The van der Waals surface area contributed by atoms with Gasteiger partial charge in [0.1, 0.15) is 0 Å². The van der Waals surface area contributed by atoms with E-state index in [1.165, 1.54) is 12.0 Å². The minimum atomic E-state index is -3.36. The van der Waals surface area contributed by atoms with Gasteiger partial charge in [-0.2, -0.15) is 5.26 Å². The van der Waals surface area contributed by atoms with E-state index < -0.39 is 15.8 Å². The molecule has 0 saturated heterocycles. The van der Waals surface area contributed by atoms with Crippen molar-refractivity contribution in [3.8, 4) is 6.07 Å². The van der Waals surface area contributed by atoms with Crippen LogP contribution in [0.3, 0.4) is 0 Å². The molecule has 1 aliphatic rings. The molecule has 0 spiro atoms. The van der Waals surface area contributed by atoms with Gasteiger partial charge in [0.05, 0.1) is 6.07 Å². The molecule has 14 heavy (non-hydrogen) atoms. The summed E-state index contributed by atoms with van der Waals surface area (Å²) in [6, 6.07) is 1.62. The van der Waals surface area contributed by atoms with Crippen molar-refractivity contribution >= 4 is 10.0 Å². The number of hydrogen-bond donors (Lipinski definition) is 1. The van der Waals surface area contributed by atoms with Gasteiger partial charge in [0.25, 0.3) is 0 Å². The Morgan fingerprint density at radius 1 is 1.57 bits per heavy atom. The number of nitrogens with one attached hydrogen (secondary N) is 1. The Morgan fingerprint density at radius 3 is 2.93 bits per heavy atom. The van der Waals surface area contributed by atoms with E-state index in [1.807, 2.05) is 0 Å². The first-order chi connectivity index (χ1) is 6.64. The van der Waals surface area contributed by atoms with Crippen molar-refractivity contribution in [1.82, 2.24) is 4.72 Å². The lowest BCUT2D eigenvalue weighted by Gasteiger charge is -2.03. The van der Waals surface area contributed by atoms with E-state index in [0.29, 0.717) is 6.54 Å². The number of rotatable bonds is 5. The van der Waals surface area contributed by atoms with Crippen LogP contribution in [-0.4, -0.2) is 20.7 Å². The van der Waals surface area contributed by atoms with Crippen molar-refractivity contribution in [1.29, 1.82) is 5.26 Å². The summed E-state index contributed by atoms with van der Waals surface area (Å²) in [6.45, 7) is 0.413. The van der Waals surface area contributed by atoms with Gasteiger partial charge < -0.3 is 0 Å². The average Bonchev–Trinajstić information content (AvgIpc) is 2.56. The van der Waals surface area contributed by atoms with Crippen LogP contribution in [0.1, 0.15) is 25.7 Å². The first kappa shape index (κ1) is 11.2. The minimum Gasteiger partial charge on any atom is -0.214 e. The fraction of sp³-hybridized carbons (Fsp3) is 0.667. The molecule has 4 nitrogen and oxygen atoms in total.